The van der Waals surface area contributed by atoms with Crippen LogP contribution in [0.5, 0.6) is 5.75 Å². The molecular formula is C12H16N2O3. The van der Waals surface area contributed by atoms with Crippen molar-refractivity contribution in [3.05, 3.63) is 23.8 Å². The van der Waals surface area contributed by atoms with E-state index in [0.29, 0.717) is 17.0 Å². The van der Waals surface area contributed by atoms with Crippen LogP contribution >= 0.6 is 0 Å². The Kier molecular flexibility index (Phi) is 4.66. The van der Waals surface area contributed by atoms with Gasteiger partial charge in [0.2, 0.25) is 5.91 Å². The van der Waals surface area contributed by atoms with Crippen LogP contribution in [0.15, 0.2) is 18.2 Å². The second-order valence-corrected chi connectivity index (χ2v) is 3.55. The molecule has 5 heteroatoms. The van der Waals surface area contributed by atoms with E-state index >= 15 is 0 Å². The van der Waals surface area contributed by atoms with Crippen LogP contribution in [0.3, 0.4) is 0 Å². The molecule has 0 aliphatic rings. The number of nitrogens with one attached hydrogen (secondary N) is 1. The van der Waals surface area contributed by atoms with Gasteiger partial charge in [0, 0.05) is 25.0 Å². The average Bonchev–Trinajstić information content (AvgIpc) is 2.28. The standard InChI is InChI=1S/C12H16N2O3/c1-8(15)14-11-7-9(17-2)3-4-10(11)12(16)5-6-13/h3-4,7H,5-6,13H2,1-2H3,(H,14,15). The van der Waals surface area contributed by atoms with E-state index < -0.39 is 0 Å². The predicted octanol–water partition coefficient (Wildman–Crippen LogP) is 1.19. The van der Waals surface area contributed by atoms with Crippen molar-refractivity contribution in [3.8, 4) is 5.75 Å². The number of ketones is 1. The Labute approximate surface area is 99.9 Å². The van der Waals surface area contributed by atoms with Crippen LogP contribution in [0, 0.1) is 0 Å². The molecule has 17 heavy (non-hydrogen) atoms. The van der Waals surface area contributed by atoms with Gasteiger partial charge in [-0.25, -0.2) is 0 Å². The second kappa shape index (κ2) is 6.00. The first kappa shape index (κ1) is 13.2. The van der Waals surface area contributed by atoms with Crippen LogP contribution in [0.2, 0.25) is 0 Å². The molecule has 1 amide bonds. The Morgan fingerprint density at radius 1 is 1.41 bits per heavy atom. The number of methoxy groups -OCH3 is 1. The van der Waals surface area contributed by atoms with Crippen molar-refractivity contribution in [3.63, 3.8) is 0 Å². The normalized spacial score (nSPS) is 9.82. The lowest BCUT2D eigenvalue weighted by molar-refractivity contribution is -0.114. The van der Waals surface area contributed by atoms with E-state index in [1.165, 1.54) is 14.0 Å². The molecule has 0 unspecified atom stereocenters. The van der Waals surface area contributed by atoms with E-state index in [4.69, 9.17) is 10.5 Å². The van der Waals surface area contributed by atoms with E-state index in [2.05, 4.69) is 5.32 Å². The van der Waals surface area contributed by atoms with Gasteiger partial charge in [0.05, 0.1) is 12.8 Å². The van der Waals surface area contributed by atoms with Gasteiger partial charge >= 0.3 is 0 Å². The van der Waals surface area contributed by atoms with E-state index in [0.717, 1.165) is 0 Å². The minimum absolute atomic E-state index is 0.0982. The quantitative estimate of drug-likeness (QED) is 0.752. The molecule has 0 saturated carbocycles. The van der Waals surface area contributed by atoms with Crippen molar-refractivity contribution in [2.45, 2.75) is 13.3 Å². The SMILES string of the molecule is COc1ccc(C(=O)CCN)c(NC(C)=O)c1. The Morgan fingerprint density at radius 3 is 2.65 bits per heavy atom. The summed E-state index contributed by atoms with van der Waals surface area (Å²) >= 11 is 0. The first-order chi connectivity index (χ1) is 8.08. The molecular weight excluding hydrogens is 220 g/mol. The molecule has 1 aromatic rings. The highest BCUT2D eigenvalue weighted by Crippen LogP contribution is 2.23. The summed E-state index contributed by atoms with van der Waals surface area (Å²) in [6, 6.07) is 4.92. The number of ether oxygens (including phenoxy) is 1. The highest BCUT2D eigenvalue weighted by atomic mass is 16.5. The maximum Gasteiger partial charge on any atom is 0.221 e. The Bertz CT molecular complexity index is 430. The van der Waals surface area contributed by atoms with Gasteiger partial charge in [0.25, 0.3) is 0 Å². The fraction of sp³-hybridized carbons (Fsp3) is 0.333. The Hall–Kier alpha value is -1.88. The number of carbonyl (C=O) groups excluding carboxylic acids is 2. The molecule has 0 spiro atoms. The van der Waals surface area contributed by atoms with E-state index in [9.17, 15) is 9.59 Å². The minimum atomic E-state index is -0.236. The number of rotatable bonds is 5. The first-order valence-electron chi connectivity index (χ1n) is 5.27. The van der Waals surface area contributed by atoms with Crippen LogP contribution in [0.4, 0.5) is 5.69 Å². The Morgan fingerprint density at radius 2 is 2.12 bits per heavy atom. The fourth-order valence-corrected chi connectivity index (χ4v) is 1.45. The monoisotopic (exact) mass is 236 g/mol. The van der Waals surface area contributed by atoms with Crippen molar-refractivity contribution in [1.29, 1.82) is 0 Å². The fourth-order valence-electron chi connectivity index (χ4n) is 1.45. The highest BCUT2D eigenvalue weighted by Gasteiger charge is 2.12. The lowest BCUT2D eigenvalue weighted by Gasteiger charge is -2.10. The molecule has 0 aliphatic carbocycles. The van der Waals surface area contributed by atoms with Gasteiger partial charge in [-0.15, -0.1) is 0 Å². The summed E-state index contributed by atoms with van der Waals surface area (Å²) in [5, 5.41) is 2.61. The number of hydrogen-bond donors (Lipinski definition) is 2. The molecule has 0 aliphatic heterocycles. The number of Topliss-reactive ketones (excluding diaryl/α,β-unsaturated/α-hetero) is 1. The number of benzene rings is 1. The van der Waals surface area contributed by atoms with Crippen LogP contribution in [-0.2, 0) is 4.79 Å². The molecule has 92 valence electrons. The molecule has 1 aromatic carbocycles. The highest BCUT2D eigenvalue weighted by molar-refractivity contribution is 6.04. The summed E-state index contributed by atoms with van der Waals surface area (Å²) in [6.07, 6.45) is 0.249. The minimum Gasteiger partial charge on any atom is -0.497 e. The number of anilines is 1. The molecule has 0 radical (unpaired) electrons. The molecule has 0 fully saturated rings. The molecule has 1 rings (SSSR count). The van der Waals surface area contributed by atoms with Gasteiger partial charge in [-0.2, -0.15) is 0 Å². The smallest absolute Gasteiger partial charge is 0.221 e. The topological polar surface area (TPSA) is 81.4 Å². The van der Waals surface area contributed by atoms with Crippen LogP contribution in [0.25, 0.3) is 0 Å². The van der Waals surface area contributed by atoms with Crippen LogP contribution in [0.1, 0.15) is 23.7 Å². The van der Waals surface area contributed by atoms with Crippen LogP contribution < -0.4 is 15.8 Å². The molecule has 0 bridgehead atoms. The van der Waals surface area contributed by atoms with Crippen molar-refractivity contribution in [2.75, 3.05) is 19.0 Å². The van der Waals surface area contributed by atoms with Gasteiger partial charge < -0.3 is 15.8 Å². The first-order valence-corrected chi connectivity index (χ1v) is 5.27. The predicted molar refractivity (Wildman–Crippen MR) is 65.3 cm³/mol. The van der Waals surface area contributed by atoms with Crippen molar-refractivity contribution >= 4 is 17.4 Å². The van der Waals surface area contributed by atoms with Crippen LogP contribution in [-0.4, -0.2) is 25.3 Å². The average molecular weight is 236 g/mol. The summed E-state index contributed by atoms with van der Waals surface area (Å²) in [5.74, 6) is 0.247. The number of carbonyl (C=O) groups is 2. The maximum atomic E-state index is 11.8. The summed E-state index contributed by atoms with van der Waals surface area (Å²) in [6.45, 7) is 1.67. The van der Waals surface area contributed by atoms with E-state index in [1.54, 1.807) is 18.2 Å². The Balaban J connectivity index is 3.09. The van der Waals surface area contributed by atoms with Gasteiger partial charge in [-0.05, 0) is 18.7 Å². The van der Waals surface area contributed by atoms with Gasteiger partial charge in [-0.3, -0.25) is 9.59 Å². The molecule has 0 aromatic heterocycles. The summed E-state index contributed by atoms with van der Waals surface area (Å²) < 4.78 is 5.04. The third kappa shape index (κ3) is 3.57. The van der Waals surface area contributed by atoms with E-state index in [1.807, 2.05) is 0 Å². The summed E-state index contributed by atoms with van der Waals surface area (Å²) in [4.78, 5) is 22.8. The largest absolute Gasteiger partial charge is 0.497 e. The van der Waals surface area contributed by atoms with E-state index in [-0.39, 0.29) is 24.7 Å². The van der Waals surface area contributed by atoms with Gasteiger partial charge in [0.15, 0.2) is 5.78 Å². The zero-order valence-corrected chi connectivity index (χ0v) is 9.95. The van der Waals surface area contributed by atoms with Gasteiger partial charge in [0.1, 0.15) is 5.75 Å². The number of amides is 1. The lowest BCUT2D eigenvalue weighted by Crippen LogP contribution is -2.13. The summed E-state index contributed by atoms with van der Waals surface area (Å²) in [5.41, 5.74) is 6.25. The van der Waals surface area contributed by atoms with Crippen molar-refractivity contribution in [2.24, 2.45) is 5.73 Å². The maximum absolute atomic E-state index is 11.8. The zero-order valence-electron chi connectivity index (χ0n) is 9.95. The molecule has 0 saturated heterocycles. The molecule has 0 heterocycles. The zero-order chi connectivity index (χ0) is 12.8. The summed E-state index contributed by atoms with van der Waals surface area (Å²) in [7, 11) is 1.52. The third-order valence-corrected chi connectivity index (χ3v) is 2.21. The number of hydrogen-bond acceptors (Lipinski definition) is 4. The molecule has 5 nitrogen and oxygen atoms in total. The van der Waals surface area contributed by atoms with Crippen molar-refractivity contribution in [1.82, 2.24) is 0 Å². The second-order valence-electron chi connectivity index (χ2n) is 3.55. The lowest BCUT2D eigenvalue weighted by atomic mass is 10.1. The molecule has 0 atom stereocenters. The van der Waals surface area contributed by atoms with Crippen molar-refractivity contribution < 1.29 is 14.3 Å². The molecule has 3 N–H and O–H groups in total. The third-order valence-electron chi connectivity index (χ3n) is 2.21. The number of nitrogens with two attached hydrogens (primary N) is 1. The van der Waals surface area contributed by atoms with Gasteiger partial charge in [-0.1, -0.05) is 0 Å².